The van der Waals surface area contributed by atoms with Crippen LogP contribution in [0, 0.1) is 11.8 Å². The fraction of sp³-hybridized carbons (Fsp3) is 1.00. The van der Waals surface area contributed by atoms with Gasteiger partial charge >= 0.3 is 0 Å². The summed E-state index contributed by atoms with van der Waals surface area (Å²) in [5.74, 6) is 2.16. The van der Waals surface area contributed by atoms with Crippen LogP contribution in [0.1, 0.15) is 32.6 Å². The maximum Gasteiger partial charge on any atom is 0.0250 e. The second-order valence-electron chi connectivity index (χ2n) is 3.71. The molecule has 0 aromatic carbocycles. The number of hydrogen-bond donors (Lipinski definition) is 0. The quantitative estimate of drug-likeness (QED) is 0.448. The number of alkyl halides is 1. The van der Waals surface area contributed by atoms with Gasteiger partial charge in [-0.3, -0.25) is 0 Å². The van der Waals surface area contributed by atoms with Crippen LogP contribution in [0.25, 0.3) is 0 Å². The molecule has 1 heteroatoms. The molecule has 3 rings (SSSR count). The average molecular weight is 236 g/mol. The van der Waals surface area contributed by atoms with Crippen molar-refractivity contribution < 1.29 is 0 Å². The molecule has 0 amide bonds. The van der Waals surface area contributed by atoms with Gasteiger partial charge in [-0.2, -0.15) is 0 Å². The SMILES string of the molecule is CC1(I)C2CCCC1C2. The van der Waals surface area contributed by atoms with Crippen LogP contribution in [0.2, 0.25) is 0 Å². The first-order chi connectivity index (χ1) is 4.21. The van der Waals surface area contributed by atoms with Crippen LogP contribution in [-0.2, 0) is 0 Å². The third kappa shape index (κ3) is 0.765. The molecule has 2 atom stereocenters. The van der Waals surface area contributed by atoms with E-state index in [0.717, 1.165) is 11.8 Å². The number of halogens is 1. The minimum Gasteiger partial charge on any atom is -0.0786 e. The van der Waals surface area contributed by atoms with Gasteiger partial charge in [0.1, 0.15) is 0 Å². The lowest BCUT2D eigenvalue weighted by molar-refractivity contribution is 0.0723. The predicted molar refractivity (Wildman–Crippen MR) is 47.9 cm³/mol. The molecule has 0 nitrogen and oxygen atoms in total. The van der Waals surface area contributed by atoms with Crippen LogP contribution in [-0.4, -0.2) is 3.42 Å². The number of fused-ring (bicyclic) bond motifs is 2. The van der Waals surface area contributed by atoms with Crippen molar-refractivity contribution in [3.05, 3.63) is 0 Å². The van der Waals surface area contributed by atoms with Crippen molar-refractivity contribution in [3.8, 4) is 0 Å². The Kier molecular flexibility index (Phi) is 1.33. The van der Waals surface area contributed by atoms with Gasteiger partial charge in [-0.15, -0.1) is 0 Å². The first-order valence-corrected chi connectivity index (χ1v) is 4.98. The summed E-state index contributed by atoms with van der Waals surface area (Å²) in [6, 6.07) is 0. The Hall–Kier alpha value is 0.730. The molecule has 0 heterocycles. The minimum atomic E-state index is 0.704. The Morgan fingerprint density at radius 1 is 1.33 bits per heavy atom. The first kappa shape index (κ1) is 6.44. The minimum absolute atomic E-state index is 0.704. The van der Waals surface area contributed by atoms with E-state index in [1.54, 1.807) is 6.42 Å². The third-order valence-electron chi connectivity index (χ3n) is 3.27. The molecule has 0 saturated heterocycles. The maximum absolute atomic E-state index is 2.67. The smallest absolute Gasteiger partial charge is 0.0250 e. The van der Waals surface area contributed by atoms with Gasteiger partial charge in [0.05, 0.1) is 0 Å². The third-order valence-corrected chi connectivity index (χ3v) is 5.03. The van der Waals surface area contributed by atoms with Crippen molar-refractivity contribution in [2.75, 3.05) is 0 Å². The Balaban J connectivity index is 2.13. The zero-order valence-corrected chi connectivity index (χ0v) is 8.02. The highest BCUT2D eigenvalue weighted by molar-refractivity contribution is 14.1. The molecule has 3 saturated carbocycles. The van der Waals surface area contributed by atoms with Crippen LogP contribution < -0.4 is 0 Å². The molecule has 3 fully saturated rings. The van der Waals surface area contributed by atoms with Gasteiger partial charge in [0, 0.05) is 3.42 Å². The molecule has 3 aliphatic rings. The fourth-order valence-electron chi connectivity index (χ4n) is 2.39. The van der Waals surface area contributed by atoms with Gasteiger partial charge in [0.25, 0.3) is 0 Å². The monoisotopic (exact) mass is 236 g/mol. The maximum atomic E-state index is 2.67. The lowest BCUT2D eigenvalue weighted by Crippen LogP contribution is -2.51. The molecular formula is C8H13I. The zero-order valence-electron chi connectivity index (χ0n) is 5.86. The van der Waals surface area contributed by atoms with Gasteiger partial charge in [0.2, 0.25) is 0 Å². The van der Waals surface area contributed by atoms with Crippen molar-refractivity contribution in [2.45, 2.75) is 36.0 Å². The summed E-state index contributed by atoms with van der Waals surface area (Å²) >= 11 is 2.67. The normalized spacial score (nSPS) is 56.7. The molecular weight excluding hydrogens is 223 g/mol. The molecule has 0 aliphatic heterocycles. The van der Waals surface area contributed by atoms with Crippen LogP contribution in [0.5, 0.6) is 0 Å². The van der Waals surface area contributed by atoms with Crippen molar-refractivity contribution in [2.24, 2.45) is 11.8 Å². The molecule has 0 spiro atoms. The van der Waals surface area contributed by atoms with Crippen molar-refractivity contribution >= 4 is 22.6 Å². The summed E-state index contributed by atoms with van der Waals surface area (Å²) in [7, 11) is 0. The molecule has 2 unspecified atom stereocenters. The van der Waals surface area contributed by atoms with Crippen LogP contribution >= 0.6 is 22.6 Å². The van der Waals surface area contributed by atoms with E-state index >= 15 is 0 Å². The van der Waals surface area contributed by atoms with Crippen molar-refractivity contribution in [1.29, 1.82) is 0 Å². The Bertz CT molecular complexity index is 113. The number of rotatable bonds is 0. The van der Waals surface area contributed by atoms with E-state index in [1.807, 2.05) is 0 Å². The fourth-order valence-corrected chi connectivity index (χ4v) is 3.52. The topological polar surface area (TPSA) is 0 Å². The second-order valence-corrected chi connectivity index (χ2v) is 6.04. The van der Waals surface area contributed by atoms with Crippen LogP contribution in [0.4, 0.5) is 0 Å². The van der Waals surface area contributed by atoms with Gasteiger partial charge < -0.3 is 0 Å². The molecule has 52 valence electrons. The van der Waals surface area contributed by atoms with E-state index in [2.05, 4.69) is 29.5 Å². The lowest BCUT2D eigenvalue weighted by atomic mass is 9.58. The predicted octanol–water partition coefficient (Wildman–Crippen LogP) is 3.00. The summed E-state index contributed by atoms with van der Waals surface area (Å²) in [4.78, 5) is 0. The van der Waals surface area contributed by atoms with Gasteiger partial charge in [0.15, 0.2) is 0 Å². The Labute approximate surface area is 70.5 Å². The van der Waals surface area contributed by atoms with Crippen LogP contribution in [0.3, 0.4) is 0 Å². The summed E-state index contributed by atoms with van der Waals surface area (Å²) < 4.78 is 0.704. The molecule has 3 aliphatic carbocycles. The molecule has 0 radical (unpaired) electrons. The van der Waals surface area contributed by atoms with Crippen molar-refractivity contribution in [3.63, 3.8) is 0 Å². The van der Waals surface area contributed by atoms with Crippen molar-refractivity contribution in [1.82, 2.24) is 0 Å². The van der Waals surface area contributed by atoms with E-state index < -0.39 is 0 Å². The molecule has 0 aromatic heterocycles. The van der Waals surface area contributed by atoms with E-state index in [1.165, 1.54) is 19.3 Å². The van der Waals surface area contributed by atoms with E-state index in [4.69, 9.17) is 0 Å². The van der Waals surface area contributed by atoms with Crippen LogP contribution in [0.15, 0.2) is 0 Å². The standard InChI is InChI=1S/C8H13I/c1-8(9)6-3-2-4-7(8)5-6/h6-7H,2-5H2,1H3. The number of hydrogen-bond acceptors (Lipinski definition) is 0. The molecule has 2 bridgehead atoms. The van der Waals surface area contributed by atoms with Gasteiger partial charge in [-0.25, -0.2) is 0 Å². The summed E-state index contributed by atoms with van der Waals surface area (Å²) in [5, 5.41) is 0. The Morgan fingerprint density at radius 3 is 2.11 bits per heavy atom. The summed E-state index contributed by atoms with van der Waals surface area (Å²) in [5.41, 5.74) is 0. The zero-order chi connectivity index (χ0) is 6.48. The molecule has 9 heavy (non-hydrogen) atoms. The molecule has 0 aromatic rings. The first-order valence-electron chi connectivity index (χ1n) is 3.90. The van der Waals surface area contributed by atoms with Gasteiger partial charge in [-0.1, -0.05) is 35.9 Å². The van der Waals surface area contributed by atoms with E-state index in [9.17, 15) is 0 Å². The highest BCUT2D eigenvalue weighted by Gasteiger charge is 2.51. The highest BCUT2D eigenvalue weighted by atomic mass is 127. The van der Waals surface area contributed by atoms with E-state index in [-0.39, 0.29) is 0 Å². The molecule has 0 N–H and O–H groups in total. The second kappa shape index (κ2) is 1.86. The summed E-state index contributed by atoms with van der Waals surface area (Å²) in [6.07, 6.45) is 6.07. The van der Waals surface area contributed by atoms with E-state index in [0.29, 0.717) is 3.42 Å². The summed E-state index contributed by atoms with van der Waals surface area (Å²) in [6.45, 7) is 2.44. The lowest BCUT2D eigenvalue weighted by Gasteiger charge is -2.55. The Morgan fingerprint density at radius 2 is 1.89 bits per heavy atom. The average Bonchev–Trinajstić information content (AvgIpc) is 1.89. The largest absolute Gasteiger partial charge is 0.0786 e. The van der Waals surface area contributed by atoms with Gasteiger partial charge in [-0.05, 0) is 31.1 Å². The highest BCUT2D eigenvalue weighted by Crippen LogP contribution is 2.58.